The van der Waals surface area contributed by atoms with Crippen LogP contribution < -0.4 is 4.57 Å². The van der Waals surface area contributed by atoms with E-state index in [4.69, 9.17) is 0 Å². The van der Waals surface area contributed by atoms with Gasteiger partial charge in [-0.3, -0.25) is 0 Å². The van der Waals surface area contributed by atoms with Crippen molar-refractivity contribution in [2.24, 2.45) is 7.05 Å². The number of nitrogens with zero attached hydrogens (tertiary/aromatic N) is 1. The van der Waals surface area contributed by atoms with Crippen molar-refractivity contribution in [2.45, 2.75) is 33.6 Å². The van der Waals surface area contributed by atoms with Gasteiger partial charge in [-0.15, -0.1) is 0 Å². The third-order valence-corrected chi connectivity index (χ3v) is 8.38. The van der Waals surface area contributed by atoms with Crippen LogP contribution in [0.5, 0.6) is 0 Å². The van der Waals surface area contributed by atoms with Crippen LogP contribution in [-0.2, 0) is 19.9 Å². The number of benzene rings is 4. The normalized spacial score (nSPS) is 12.8. The molecule has 0 N–H and O–H groups in total. The van der Waals surface area contributed by atoms with Crippen molar-refractivity contribution in [1.82, 2.24) is 0 Å². The molecule has 1 aromatic heterocycles. The SMILES string of the molecule is Cc1ccc(-c2cc(-c3c(C)c4c(c5c3Cc3ccccc3-5)-c3ccccc3C4)[n+](C)cc2C)cc1. The molecule has 0 bridgehead atoms. The van der Waals surface area contributed by atoms with Gasteiger partial charge in [-0.1, -0.05) is 78.4 Å². The Morgan fingerprint density at radius 1 is 0.611 bits per heavy atom. The fraction of sp³-hybridized carbons (Fsp3) is 0.171. The second-order valence-corrected chi connectivity index (χ2v) is 10.6. The molecule has 0 atom stereocenters. The van der Waals surface area contributed by atoms with E-state index < -0.39 is 0 Å². The van der Waals surface area contributed by atoms with E-state index in [1.54, 1.807) is 0 Å². The minimum absolute atomic E-state index is 0.991. The maximum absolute atomic E-state index is 2.43. The van der Waals surface area contributed by atoms with Gasteiger partial charge < -0.3 is 0 Å². The van der Waals surface area contributed by atoms with Crippen LogP contribution >= 0.6 is 0 Å². The molecule has 0 aliphatic heterocycles. The summed E-state index contributed by atoms with van der Waals surface area (Å²) in [6, 6.07) is 29.4. The van der Waals surface area contributed by atoms with Gasteiger partial charge in [0, 0.05) is 11.6 Å². The Bertz CT molecular complexity index is 1700. The van der Waals surface area contributed by atoms with E-state index >= 15 is 0 Å². The average molecular weight is 465 g/mol. The van der Waals surface area contributed by atoms with Crippen molar-refractivity contribution in [1.29, 1.82) is 0 Å². The second kappa shape index (κ2) is 7.77. The number of pyridine rings is 1. The summed E-state index contributed by atoms with van der Waals surface area (Å²) in [6.45, 7) is 6.74. The molecule has 0 amide bonds. The highest BCUT2D eigenvalue weighted by atomic mass is 14.9. The lowest BCUT2D eigenvalue weighted by atomic mass is 9.85. The zero-order chi connectivity index (χ0) is 24.6. The first-order valence-corrected chi connectivity index (χ1v) is 12.9. The highest BCUT2D eigenvalue weighted by molar-refractivity contribution is 6.00. The third kappa shape index (κ3) is 2.99. The fourth-order valence-electron chi connectivity index (χ4n) is 6.62. The predicted octanol–water partition coefficient (Wildman–Crippen LogP) is 7.91. The molecule has 1 heteroatoms. The molecule has 2 aliphatic carbocycles. The Kier molecular flexibility index (Phi) is 4.60. The van der Waals surface area contributed by atoms with Crippen LogP contribution in [-0.4, -0.2) is 0 Å². The quantitative estimate of drug-likeness (QED) is 0.229. The molecule has 2 aliphatic rings. The van der Waals surface area contributed by atoms with Crippen LogP contribution in [0.3, 0.4) is 0 Å². The number of fused-ring (bicyclic) bond motifs is 7. The summed E-state index contributed by atoms with van der Waals surface area (Å²) in [7, 11) is 2.21. The smallest absolute Gasteiger partial charge is 0.201 e. The standard InChI is InChI=1S/C35H30N/c1-21-13-15-24(16-14-21)29-19-32(36(4)20-22(29)2)33-23(3)30-17-25-9-5-7-11-27(25)34(30)35-28-12-8-6-10-26(28)18-31(33)35/h5-16,19-20H,17-18H2,1-4H3/q+1. The fourth-order valence-corrected chi connectivity index (χ4v) is 6.62. The summed E-state index contributed by atoms with van der Waals surface area (Å²) in [5, 5.41) is 0. The van der Waals surface area contributed by atoms with Gasteiger partial charge in [0.1, 0.15) is 7.05 Å². The number of aryl methyl sites for hydroxylation is 3. The first-order chi connectivity index (χ1) is 17.5. The van der Waals surface area contributed by atoms with Crippen LogP contribution in [0, 0.1) is 20.8 Å². The Balaban J connectivity index is 1.55. The van der Waals surface area contributed by atoms with E-state index in [0.717, 1.165) is 12.8 Å². The lowest BCUT2D eigenvalue weighted by molar-refractivity contribution is -0.660. The van der Waals surface area contributed by atoms with Crippen molar-refractivity contribution in [3.63, 3.8) is 0 Å². The van der Waals surface area contributed by atoms with Crippen molar-refractivity contribution in [3.05, 3.63) is 124 Å². The summed E-state index contributed by atoms with van der Waals surface area (Å²) < 4.78 is 2.34. The largest absolute Gasteiger partial charge is 0.213 e. The van der Waals surface area contributed by atoms with E-state index in [1.165, 1.54) is 83.6 Å². The van der Waals surface area contributed by atoms with Gasteiger partial charge in [-0.05, 0) is 94.8 Å². The van der Waals surface area contributed by atoms with Crippen LogP contribution in [0.2, 0.25) is 0 Å². The molecule has 0 fully saturated rings. The van der Waals surface area contributed by atoms with E-state index in [9.17, 15) is 0 Å². The molecule has 174 valence electrons. The lowest BCUT2D eigenvalue weighted by Crippen LogP contribution is -2.32. The van der Waals surface area contributed by atoms with E-state index in [2.05, 4.69) is 117 Å². The summed E-state index contributed by atoms with van der Waals surface area (Å²) >= 11 is 0. The van der Waals surface area contributed by atoms with Gasteiger partial charge in [-0.25, -0.2) is 4.57 Å². The minimum atomic E-state index is 0.991. The highest BCUT2D eigenvalue weighted by Gasteiger charge is 2.35. The molecule has 4 aromatic carbocycles. The number of hydrogen-bond acceptors (Lipinski definition) is 0. The second-order valence-electron chi connectivity index (χ2n) is 10.6. The van der Waals surface area contributed by atoms with Gasteiger partial charge in [0.15, 0.2) is 6.20 Å². The molecular formula is C35H30N+. The molecular weight excluding hydrogens is 434 g/mol. The molecule has 1 nitrogen and oxygen atoms in total. The summed E-state index contributed by atoms with van der Waals surface area (Å²) in [5.41, 5.74) is 21.0. The summed E-state index contributed by atoms with van der Waals surface area (Å²) in [4.78, 5) is 0. The first kappa shape index (κ1) is 21.3. The Morgan fingerprint density at radius 3 is 1.86 bits per heavy atom. The third-order valence-electron chi connectivity index (χ3n) is 8.38. The molecule has 0 spiro atoms. The monoisotopic (exact) mass is 464 g/mol. The van der Waals surface area contributed by atoms with Crippen molar-refractivity contribution >= 4 is 0 Å². The van der Waals surface area contributed by atoms with Crippen molar-refractivity contribution in [3.8, 4) is 44.6 Å². The summed E-state index contributed by atoms with van der Waals surface area (Å²) in [6.07, 6.45) is 4.31. The number of rotatable bonds is 2. The molecule has 1 heterocycles. The van der Waals surface area contributed by atoms with E-state index in [1.807, 2.05) is 0 Å². The minimum Gasteiger partial charge on any atom is -0.201 e. The zero-order valence-corrected chi connectivity index (χ0v) is 21.4. The van der Waals surface area contributed by atoms with E-state index in [-0.39, 0.29) is 0 Å². The van der Waals surface area contributed by atoms with Gasteiger partial charge in [0.25, 0.3) is 0 Å². The Morgan fingerprint density at radius 2 is 1.19 bits per heavy atom. The van der Waals surface area contributed by atoms with Gasteiger partial charge in [-0.2, -0.15) is 0 Å². The maximum Gasteiger partial charge on any atom is 0.213 e. The molecule has 36 heavy (non-hydrogen) atoms. The number of aromatic nitrogens is 1. The Labute approximate surface area is 213 Å². The van der Waals surface area contributed by atoms with Gasteiger partial charge >= 0.3 is 0 Å². The van der Waals surface area contributed by atoms with Crippen LogP contribution in [0.4, 0.5) is 0 Å². The van der Waals surface area contributed by atoms with Crippen LogP contribution in [0.15, 0.2) is 85.1 Å². The molecule has 7 rings (SSSR count). The topological polar surface area (TPSA) is 3.88 Å². The highest BCUT2D eigenvalue weighted by Crippen LogP contribution is 2.53. The number of hydrogen-bond donors (Lipinski definition) is 0. The van der Waals surface area contributed by atoms with Crippen LogP contribution in [0.25, 0.3) is 44.6 Å². The van der Waals surface area contributed by atoms with Gasteiger partial charge in [0.05, 0.1) is 5.56 Å². The molecule has 5 aromatic rings. The zero-order valence-electron chi connectivity index (χ0n) is 21.4. The lowest BCUT2D eigenvalue weighted by Gasteiger charge is -2.19. The maximum atomic E-state index is 2.43. The van der Waals surface area contributed by atoms with Crippen molar-refractivity contribution < 1.29 is 4.57 Å². The molecule has 0 saturated heterocycles. The van der Waals surface area contributed by atoms with Crippen molar-refractivity contribution in [2.75, 3.05) is 0 Å². The average Bonchev–Trinajstić information content (AvgIpc) is 3.45. The molecule has 0 saturated carbocycles. The predicted molar refractivity (Wildman–Crippen MR) is 149 cm³/mol. The van der Waals surface area contributed by atoms with E-state index in [0.29, 0.717) is 0 Å². The van der Waals surface area contributed by atoms with Gasteiger partial charge in [0.2, 0.25) is 5.69 Å². The molecule has 0 radical (unpaired) electrons. The summed E-state index contributed by atoms with van der Waals surface area (Å²) in [5.74, 6) is 0. The Hall–Kier alpha value is -3.97. The van der Waals surface area contributed by atoms with Crippen LogP contribution in [0.1, 0.15) is 38.9 Å². The molecule has 0 unspecified atom stereocenters. The first-order valence-electron chi connectivity index (χ1n) is 12.9.